The number of hydrogen-bond donors (Lipinski definition) is 1. The summed E-state index contributed by atoms with van der Waals surface area (Å²) in [5, 5.41) is 8.75. The van der Waals surface area contributed by atoms with Crippen LogP contribution in [0.5, 0.6) is 0 Å². The Bertz CT molecular complexity index is 414. The van der Waals surface area contributed by atoms with Crippen molar-refractivity contribution in [3.8, 4) is 0 Å². The molecule has 0 aliphatic heterocycles. The molecular formula is C9H8ClFO3S. The van der Waals surface area contributed by atoms with Gasteiger partial charge in [0.05, 0.1) is 10.3 Å². The molecule has 15 heavy (non-hydrogen) atoms. The molecule has 82 valence electrons. The van der Waals surface area contributed by atoms with E-state index in [4.69, 9.17) is 15.8 Å². The SMILES string of the molecule is CC1(S(=O)Cl)C=CC(F)=CC(C(=O)O)=C1. The van der Waals surface area contributed by atoms with Crippen LogP contribution in [-0.4, -0.2) is 20.0 Å². The predicted octanol–water partition coefficient (Wildman–Crippen LogP) is 2.08. The van der Waals surface area contributed by atoms with Crippen LogP contribution in [0.15, 0.2) is 35.7 Å². The molecule has 0 bridgehead atoms. The Morgan fingerprint density at radius 3 is 2.73 bits per heavy atom. The molecular weight excluding hydrogens is 243 g/mol. The summed E-state index contributed by atoms with van der Waals surface area (Å²) in [4.78, 5) is 10.7. The zero-order chi connectivity index (χ0) is 11.6. The highest BCUT2D eigenvalue weighted by molar-refractivity contribution is 8.09. The lowest BCUT2D eigenvalue weighted by atomic mass is 10.1. The second-order valence-corrected chi connectivity index (χ2v) is 5.34. The molecule has 0 radical (unpaired) electrons. The van der Waals surface area contributed by atoms with Gasteiger partial charge in [0.25, 0.3) is 0 Å². The van der Waals surface area contributed by atoms with Gasteiger partial charge in [-0.05, 0) is 35.8 Å². The molecule has 0 fully saturated rings. The minimum Gasteiger partial charge on any atom is -0.478 e. The summed E-state index contributed by atoms with van der Waals surface area (Å²) in [6.07, 6.45) is 4.35. The van der Waals surface area contributed by atoms with Gasteiger partial charge >= 0.3 is 5.97 Å². The summed E-state index contributed by atoms with van der Waals surface area (Å²) in [6, 6.07) is 0. The van der Waals surface area contributed by atoms with Crippen LogP contribution in [0.2, 0.25) is 0 Å². The van der Waals surface area contributed by atoms with E-state index < -0.39 is 26.6 Å². The molecule has 6 heteroatoms. The van der Waals surface area contributed by atoms with Gasteiger partial charge in [-0.25, -0.2) is 13.4 Å². The first kappa shape index (κ1) is 12.1. The Hall–Kier alpha value is -0.940. The van der Waals surface area contributed by atoms with Crippen LogP contribution in [0.25, 0.3) is 0 Å². The molecule has 2 atom stereocenters. The Morgan fingerprint density at radius 1 is 1.67 bits per heavy atom. The number of rotatable bonds is 2. The van der Waals surface area contributed by atoms with Crippen LogP contribution in [0, 0.1) is 0 Å². The fraction of sp³-hybridized carbons (Fsp3) is 0.222. The van der Waals surface area contributed by atoms with Crippen molar-refractivity contribution in [1.82, 2.24) is 0 Å². The van der Waals surface area contributed by atoms with Gasteiger partial charge in [-0.2, -0.15) is 0 Å². The number of allylic oxidation sites excluding steroid dienone is 2. The maximum absolute atomic E-state index is 13.0. The molecule has 1 rings (SSSR count). The third-order valence-corrected chi connectivity index (χ3v) is 3.84. The number of hydrogen-bond acceptors (Lipinski definition) is 2. The van der Waals surface area contributed by atoms with Crippen molar-refractivity contribution in [2.75, 3.05) is 0 Å². The van der Waals surface area contributed by atoms with Crippen molar-refractivity contribution in [2.45, 2.75) is 11.7 Å². The third-order valence-electron chi connectivity index (χ3n) is 1.90. The number of carbonyl (C=O) groups is 1. The van der Waals surface area contributed by atoms with E-state index in [0.717, 1.165) is 12.2 Å². The van der Waals surface area contributed by atoms with Crippen LogP contribution in [0.3, 0.4) is 0 Å². The summed E-state index contributed by atoms with van der Waals surface area (Å²) in [7, 11) is 3.59. The Kier molecular flexibility index (Phi) is 3.46. The van der Waals surface area contributed by atoms with Crippen molar-refractivity contribution < 1.29 is 18.5 Å². The molecule has 0 aromatic rings. The minimum atomic E-state index is -1.84. The van der Waals surface area contributed by atoms with Gasteiger partial charge in [-0.1, -0.05) is 6.08 Å². The van der Waals surface area contributed by atoms with Crippen molar-refractivity contribution in [1.29, 1.82) is 0 Å². The van der Waals surface area contributed by atoms with Gasteiger partial charge < -0.3 is 5.11 Å². The molecule has 0 spiro atoms. The lowest BCUT2D eigenvalue weighted by Crippen LogP contribution is -2.22. The number of carboxylic acid groups (broad SMARTS) is 1. The van der Waals surface area contributed by atoms with Gasteiger partial charge in [0.2, 0.25) is 0 Å². The minimum absolute atomic E-state index is 0.269. The summed E-state index contributed by atoms with van der Waals surface area (Å²) < 4.78 is 23.0. The summed E-state index contributed by atoms with van der Waals surface area (Å²) in [6.45, 7) is 1.46. The van der Waals surface area contributed by atoms with Crippen LogP contribution in [0.4, 0.5) is 4.39 Å². The molecule has 3 nitrogen and oxygen atoms in total. The van der Waals surface area contributed by atoms with E-state index in [2.05, 4.69) is 0 Å². The van der Waals surface area contributed by atoms with Gasteiger partial charge in [-0.15, -0.1) is 0 Å². The Balaban J connectivity index is 3.28. The maximum atomic E-state index is 13.0. The van der Waals surface area contributed by atoms with Crippen LogP contribution in [0.1, 0.15) is 6.92 Å². The number of halogens is 2. The molecule has 1 N–H and O–H groups in total. The molecule has 0 aromatic heterocycles. The lowest BCUT2D eigenvalue weighted by Gasteiger charge is -2.16. The Labute approximate surface area is 92.9 Å². The van der Waals surface area contributed by atoms with Crippen molar-refractivity contribution in [3.05, 3.63) is 35.7 Å². The van der Waals surface area contributed by atoms with Gasteiger partial charge in [0, 0.05) is 0 Å². The van der Waals surface area contributed by atoms with E-state index in [1.54, 1.807) is 0 Å². The zero-order valence-corrected chi connectivity index (χ0v) is 9.31. The van der Waals surface area contributed by atoms with E-state index in [-0.39, 0.29) is 5.57 Å². The van der Waals surface area contributed by atoms with Crippen molar-refractivity contribution in [2.24, 2.45) is 0 Å². The first-order chi connectivity index (χ1) is 6.85. The second-order valence-electron chi connectivity index (χ2n) is 3.17. The topological polar surface area (TPSA) is 54.4 Å². The van der Waals surface area contributed by atoms with Crippen LogP contribution >= 0.6 is 10.7 Å². The highest BCUT2D eigenvalue weighted by Crippen LogP contribution is 2.27. The highest BCUT2D eigenvalue weighted by atomic mass is 35.7. The van der Waals surface area contributed by atoms with E-state index >= 15 is 0 Å². The van der Waals surface area contributed by atoms with Gasteiger partial charge in [0.1, 0.15) is 15.8 Å². The fourth-order valence-corrected chi connectivity index (χ4v) is 1.75. The Morgan fingerprint density at radius 2 is 2.27 bits per heavy atom. The zero-order valence-electron chi connectivity index (χ0n) is 7.74. The lowest BCUT2D eigenvalue weighted by molar-refractivity contribution is -0.132. The van der Waals surface area contributed by atoms with Gasteiger partial charge in [-0.3, -0.25) is 0 Å². The molecule has 0 saturated heterocycles. The second kappa shape index (κ2) is 4.28. The van der Waals surface area contributed by atoms with Crippen molar-refractivity contribution >= 4 is 26.7 Å². The molecule has 2 unspecified atom stereocenters. The molecule has 0 aromatic carbocycles. The fourth-order valence-electron chi connectivity index (χ4n) is 1.06. The molecule has 1 aliphatic carbocycles. The standard InChI is InChI=1S/C9H8ClFO3S/c1-9(15(10)14)3-2-7(11)4-6(5-9)8(12)13/h2-5H,1H3,(H,12,13). The molecule has 0 amide bonds. The average molecular weight is 251 g/mol. The van der Waals surface area contributed by atoms with Crippen LogP contribution in [-0.2, 0) is 14.8 Å². The first-order valence-electron chi connectivity index (χ1n) is 3.96. The molecule has 1 aliphatic rings. The summed E-state index contributed by atoms with van der Waals surface area (Å²) in [5.41, 5.74) is -0.269. The maximum Gasteiger partial charge on any atom is 0.335 e. The summed E-state index contributed by atoms with van der Waals surface area (Å²) in [5.74, 6) is -2.00. The highest BCUT2D eigenvalue weighted by Gasteiger charge is 2.28. The van der Waals surface area contributed by atoms with Crippen LogP contribution < -0.4 is 0 Å². The van der Waals surface area contributed by atoms with E-state index in [9.17, 15) is 13.4 Å². The smallest absolute Gasteiger partial charge is 0.335 e. The predicted molar refractivity (Wildman–Crippen MR) is 56.5 cm³/mol. The van der Waals surface area contributed by atoms with Gasteiger partial charge in [0.15, 0.2) is 0 Å². The third kappa shape index (κ3) is 2.76. The van der Waals surface area contributed by atoms with Crippen molar-refractivity contribution in [3.63, 3.8) is 0 Å². The monoisotopic (exact) mass is 250 g/mol. The number of aliphatic carboxylic acids is 1. The first-order valence-corrected chi connectivity index (χ1v) is 5.93. The summed E-state index contributed by atoms with van der Waals surface area (Å²) >= 11 is 0. The quantitative estimate of drug-likeness (QED) is 0.764. The largest absolute Gasteiger partial charge is 0.478 e. The number of carboxylic acids is 1. The van der Waals surface area contributed by atoms with E-state index in [0.29, 0.717) is 0 Å². The molecule has 0 saturated carbocycles. The van der Waals surface area contributed by atoms with E-state index in [1.807, 2.05) is 0 Å². The van der Waals surface area contributed by atoms with E-state index in [1.165, 1.54) is 19.1 Å². The normalized spacial score (nSPS) is 27.7. The average Bonchev–Trinajstić information content (AvgIpc) is 2.27. The molecule has 0 heterocycles.